The highest BCUT2D eigenvalue weighted by Crippen LogP contribution is 2.38. The van der Waals surface area contributed by atoms with Crippen molar-refractivity contribution in [2.75, 3.05) is 12.8 Å². The molecule has 0 saturated carbocycles. The van der Waals surface area contributed by atoms with E-state index in [2.05, 4.69) is 67.6 Å². The van der Waals surface area contributed by atoms with Crippen LogP contribution in [0.4, 0.5) is 5.69 Å². The molecular weight excluding hydrogens is 398 g/mol. The molecule has 0 aliphatic heterocycles. The third-order valence-corrected chi connectivity index (χ3v) is 5.59. The molecule has 32 heavy (non-hydrogen) atoms. The minimum absolute atomic E-state index is 0.240. The van der Waals surface area contributed by atoms with E-state index >= 15 is 0 Å². The molecule has 4 heteroatoms. The number of aryl methyl sites for hydroxylation is 2. The fraction of sp³-hybridized carbons (Fsp3) is 0.179. The number of carbonyl (C=O) groups is 1. The van der Waals surface area contributed by atoms with Crippen molar-refractivity contribution in [1.82, 2.24) is 0 Å². The molecule has 4 aromatic carbocycles. The second-order valence-electron chi connectivity index (χ2n) is 7.97. The first-order valence-electron chi connectivity index (χ1n) is 10.7. The Bertz CT molecular complexity index is 1250. The van der Waals surface area contributed by atoms with Crippen LogP contribution < -0.4 is 10.5 Å². The zero-order valence-electron chi connectivity index (χ0n) is 18.4. The first kappa shape index (κ1) is 21.4. The van der Waals surface area contributed by atoms with Crippen LogP contribution >= 0.6 is 0 Å². The van der Waals surface area contributed by atoms with Crippen molar-refractivity contribution < 1.29 is 14.3 Å². The summed E-state index contributed by atoms with van der Waals surface area (Å²) in [4.78, 5) is 11.6. The van der Waals surface area contributed by atoms with Gasteiger partial charge < -0.3 is 15.2 Å². The smallest absolute Gasteiger partial charge is 0.305 e. The minimum Gasteiger partial charge on any atom is -0.486 e. The summed E-state index contributed by atoms with van der Waals surface area (Å²) in [5.41, 5.74) is 12.2. The third kappa shape index (κ3) is 4.92. The lowest BCUT2D eigenvalue weighted by molar-refractivity contribution is -0.140. The molecule has 4 nitrogen and oxygen atoms in total. The van der Waals surface area contributed by atoms with Crippen molar-refractivity contribution in [3.05, 3.63) is 95.6 Å². The minimum atomic E-state index is -0.240. The predicted octanol–water partition coefficient (Wildman–Crippen LogP) is 6.08. The number of ether oxygens (including phenoxy) is 2. The van der Waals surface area contributed by atoms with Crippen LogP contribution in [0.5, 0.6) is 5.75 Å². The van der Waals surface area contributed by atoms with Gasteiger partial charge in [-0.25, -0.2) is 0 Å². The van der Waals surface area contributed by atoms with Crippen LogP contribution in [0.2, 0.25) is 0 Å². The van der Waals surface area contributed by atoms with Crippen molar-refractivity contribution in [2.45, 2.75) is 26.4 Å². The monoisotopic (exact) mass is 425 g/mol. The molecule has 4 rings (SSSR count). The topological polar surface area (TPSA) is 61.5 Å². The molecule has 2 N–H and O–H groups in total. The van der Waals surface area contributed by atoms with Crippen LogP contribution in [0.3, 0.4) is 0 Å². The molecular formula is C28H27NO3. The van der Waals surface area contributed by atoms with Crippen molar-refractivity contribution in [3.8, 4) is 16.9 Å². The lowest BCUT2D eigenvalue weighted by Gasteiger charge is -2.17. The number of methoxy groups -OCH3 is 1. The number of rotatable bonds is 7. The molecule has 0 spiro atoms. The summed E-state index contributed by atoms with van der Waals surface area (Å²) in [6, 6.07) is 26.8. The largest absolute Gasteiger partial charge is 0.486 e. The van der Waals surface area contributed by atoms with E-state index < -0.39 is 0 Å². The second kappa shape index (κ2) is 9.56. The Morgan fingerprint density at radius 1 is 0.875 bits per heavy atom. The van der Waals surface area contributed by atoms with Gasteiger partial charge in [-0.1, -0.05) is 66.2 Å². The maximum Gasteiger partial charge on any atom is 0.305 e. The van der Waals surface area contributed by atoms with Gasteiger partial charge in [0.05, 0.1) is 12.8 Å². The Hall–Kier alpha value is -3.79. The van der Waals surface area contributed by atoms with Gasteiger partial charge in [0.25, 0.3) is 0 Å². The zero-order chi connectivity index (χ0) is 22.5. The third-order valence-electron chi connectivity index (χ3n) is 5.59. The summed E-state index contributed by atoms with van der Waals surface area (Å²) in [6.45, 7) is 2.49. The SMILES string of the molecule is COC(=O)CCc1cc(N)c(OCc2ccc(C)cc2)c(-c2ccc3ccccc3c2)c1. The van der Waals surface area contributed by atoms with Crippen LogP contribution in [-0.2, 0) is 22.6 Å². The van der Waals surface area contributed by atoms with Crippen LogP contribution in [0, 0.1) is 6.92 Å². The van der Waals surface area contributed by atoms with Gasteiger partial charge in [-0.2, -0.15) is 0 Å². The van der Waals surface area contributed by atoms with E-state index in [1.165, 1.54) is 18.1 Å². The molecule has 4 aromatic rings. The highest BCUT2D eigenvalue weighted by molar-refractivity contribution is 5.89. The number of hydrogen-bond acceptors (Lipinski definition) is 4. The number of fused-ring (bicyclic) bond motifs is 1. The van der Waals surface area contributed by atoms with E-state index in [4.69, 9.17) is 15.2 Å². The van der Waals surface area contributed by atoms with Gasteiger partial charge in [0.1, 0.15) is 6.61 Å². The van der Waals surface area contributed by atoms with E-state index in [0.717, 1.165) is 27.6 Å². The molecule has 162 valence electrons. The van der Waals surface area contributed by atoms with E-state index in [1.807, 2.05) is 18.2 Å². The van der Waals surface area contributed by atoms with E-state index in [9.17, 15) is 4.79 Å². The number of nitrogens with two attached hydrogens (primary N) is 1. The average molecular weight is 426 g/mol. The predicted molar refractivity (Wildman–Crippen MR) is 130 cm³/mol. The molecule has 0 fully saturated rings. The average Bonchev–Trinajstić information content (AvgIpc) is 2.82. The maximum absolute atomic E-state index is 11.6. The molecule has 0 aliphatic rings. The van der Waals surface area contributed by atoms with Gasteiger partial charge >= 0.3 is 5.97 Å². The van der Waals surface area contributed by atoms with Crippen molar-refractivity contribution in [2.24, 2.45) is 0 Å². The highest BCUT2D eigenvalue weighted by Gasteiger charge is 2.14. The number of carbonyl (C=O) groups excluding carboxylic acids is 1. The van der Waals surface area contributed by atoms with Crippen molar-refractivity contribution >= 4 is 22.4 Å². The fourth-order valence-electron chi connectivity index (χ4n) is 3.78. The quantitative estimate of drug-likeness (QED) is 0.288. The van der Waals surface area contributed by atoms with Crippen LogP contribution in [-0.4, -0.2) is 13.1 Å². The van der Waals surface area contributed by atoms with Crippen LogP contribution in [0.25, 0.3) is 21.9 Å². The summed E-state index contributed by atoms with van der Waals surface area (Å²) in [6.07, 6.45) is 0.854. The van der Waals surface area contributed by atoms with E-state index in [0.29, 0.717) is 30.9 Å². The Morgan fingerprint density at radius 3 is 2.38 bits per heavy atom. The first-order valence-corrected chi connectivity index (χ1v) is 10.7. The lowest BCUT2D eigenvalue weighted by Crippen LogP contribution is -2.05. The molecule has 0 heterocycles. The van der Waals surface area contributed by atoms with Gasteiger partial charge in [-0.3, -0.25) is 4.79 Å². The molecule has 0 amide bonds. The highest BCUT2D eigenvalue weighted by atomic mass is 16.5. The Balaban J connectivity index is 1.72. The molecule has 0 aromatic heterocycles. The number of anilines is 1. The standard InChI is InChI=1S/C28H27NO3/c1-19-7-9-20(10-8-19)18-32-28-25(15-21(16-26(28)29)11-14-27(30)31-2)24-13-12-22-5-3-4-6-23(22)17-24/h3-10,12-13,15-17H,11,14,18,29H2,1-2H3. The van der Waals surface area contributed by atoms with E-state index in [1.54, 1.807) is 0 Å². The first-order chi connectivity index (χ1) is 15.5. The number of esters is 1. The zero-order valence-corrected chi connectivity index (χ0v) is 18.4. The normalized spacial score (nSPS) is 10.8. The van der Waals surface area contributed by atoms with Gasteiger partial charge in [0.2, 0.25) is 0 Å². The summed E-state index contributed by atoms with van der Waals surface area (Å²) in [7, 11) is 1.40. The lowest BCUT2D eigenvalue weighted by atomic mass is 9.96. The number of hydrogen-bond donors (Lipinski definition) is 1. The molecule has 0 radical (unpaired) electrons. The van der Waals surface area contributed by atoms with E-state index in [-0.39, 0.29) is 5.97 Å². The van der Waals surface area contributed by atoms with Crippen molar-refractivity contribution in [1.29, 1.82) is 0 Å². The summed E-state index contributed by atoms with van der Waals surface area (Å²) >= 11 is 0. The number of benzene rings is 4. The Labute approximate surface area is 188 Å². The Kier molecular flexibility index (Phi) is 6.41. The van der Waals surface area contributed by atoms with Crippen LogP contribution in [0.1, 0.15) is 23.1 Å². The number of nitrogen functional groups attached to an aromatic ring is 1. The molecule has 0 aliphatic carbocycles. The maximum atomic E-state index is 11.6. The van der Waals surface area contributed by atoms with Gasteiger partial charge in [-0.15, -0.1) is 0 Å². The fourth-order valence-corrected chi connectivity index (χ4v) is 3.78. The summed E-state index contributed by atoms with van der Waals surface area (Å²) < 4.78 is 11.0. The van der Waals surface area contributed by atoms with Crippen molar-refractivity contribution in [3.63, 3.8) is 0 Å². The van der Waals surface area contributed by atoms with Crippen LogP contribution in [0.15, 0.2) is 78.9 Å². The molecule has 0 unspecified atom stereocenters. The van der Waals surface area contributed by atoms with Gasteiger partial charge in [0, 0.05) is 12.0 Å². The van der Waals surface area contributed by atoms with Gasteiger partial charge in [-0.05, 0) is 59.0 Å². The Morgan fingerprint density at radius 2 is 1.62 bits per heavy atom. The molecule has 0 atom stereocenters. The summed E-state index contributed by atoms with van der Waals surface area (Å²) in [5.74, 6) is 0.415. The molecule has 0 saturated heterocycles. The molecule has 0 bridgehead atoms. The van der Waals surface area contributed by atoms with Gasteiger partial charge in [0.15, 0.2) is 5.75 Å². The summed E-state index contributed by atoms with van der Waals surface area (Å²) in [5, 5.41) is 2.32. The second-order valence-corrected chi connectivity index (χ2v) is 7.97.